The minimum Gasteiger partial charge on any atom is -0.399 e. The molecule has 98 valence electrons. The molecule has 0 aliphatic heterocycles. The number of nitrogen functional groups attached to an aromatic ring is 1. The summed E-state index contributed by atoms with van der Waals surface area (Å²) in [5.74, 6) is -0.872. The fourth-order valence-corrected chi connectivity index (χ4v) is 1.93. The maximum absolute atomic E-state index is 13.2. The molecule has 3 nitrogen and oxygen atoms in total. The van der Waals surface area contributed by atoms with Gasteiger partial charge in [0.25, 0.3) is 5.91 Å². The van der Waals surface area contributed by atoms with Crippen LogP contribution < -0.4 is 11.1 Å². The van der Waals surface area contributed by atoms with Gasteiger partial charge in [0.1, 0.15) is 5.82 Å². The molecule has 0 bridgehead atoms. The van der Waals surface area contributed by atoms with Crippen LogP contribution in [0.2, 0.25) is 5.02 Å². The molecule has 0 aliphatic carbocycles. The summed E-state index contributed by atoms with van der Waals surface area (Å²) in [5, 5.41) is 2.95. The molecule has 1 amide bonds. The fraction of sp³-hybridized carbons (Fsp3) is 0.0714. The first-order valence-electron chi connectivity index (χ1n) is 5.59. The predicted molar refractivity (Wildman–Crippen MR) is 75.0 cm³/mol. The van der Waals surface area contributed by atoms with E-state index in [9.17, 15) is 9.18 Å². The standard InChI is InChI=1S/C14H12ClFN2O/c1-8-4-9(6-10(16)5-8)14(19)18-13-3-2-11(17)7-12(13)15/h2-7H,17H2,1H3,(H,18,19). The Morgan fingerprint density at radius 1 is 1.26 bits per heavy atom. The summed E-state index contributed by atoms with van der Waals surface area (Å²) in [4.78, 5) is 12.0. The Labute approximate surface area is 115 Å². The van der Waals surface area contributed by atoms with Gasteiger partial charge in [0.2, 0.25) is 0 Å². The summed E-state index contributed by atoms with van der Waals surface area (Å²) in [5.41, 5.74) is 7.42. The maximum atomic E-state index is 13.2. The van der Waals surface area contributed by atoms with Gasteiger partial charge < -0.3 is 11.1 Å². The Morgan fingerprint density at radius 3 is 2.63 bits per heavy atom. The number of benzene rings is 2. The van der Waals surface area contributed by atoms with Crippen molar-refractivity contribution in [3.8, 4) is 0 Å². The van der Waals surface area contributed by atoms with E-state index in [1.807, 2.05) is 0 Å². The molecule has 2 aromatic carbocycles. The van der Waals surface area contributed by atoms with Crippen molar-refractivity contribution in [2.24, 2.45) is 0 Å². The first kappa shape index (κ1) is 13.4. The summed E-state index contributed by atoms with van der Waals surface area (Å²) in [6, 6.07) is 8.89. The molecule has 0 fully saturated rings. The van der Waals surface area contributed by atoms with Crippen LogP contribution in [0.1, 0.15) is 15.9 Å². The number of amides is 1. The smallest absolute Gasteiger partial charge is 0.255 e. The maximum Gasteiger partial charge on any atom is 0.255 e. The number of halogens is 2. The third-order valence-corrected chi connectivity index (χ3v) is 2.86. The van der Waals surface area contributed by atoms with Gasteiger partial charge in [-0.2, -0.15) is 0 Å². The first-order valence-corrected chi connectivity index (χ1v) is 5.97. The van der Waals surface area contributed by atoms with Crippen molar-refractivity contribution in [3.63, 3.8) is 0 Å². The molecule has 0 spiro atoms. The summed E-state index contributed by atoms with van der Waals surface area (Å²) < 4.78 is 13.2. The van der Waals surface area contributed by atoms with Crippen molar-refractivity contribution < 1.29 is 9.18 Å². The van der Waals surface area contributed by atoms with Crippen LogP contribution >= 0.6 is 11.6 Å². The molecule has 0 radical (unpaired) electrons. The molecule has 2 aromatic rings. The number of nitrogens with two attached hydrogens (primary N) is 1. The topological polar surface area (TPSA) is 55.1 Å². The van der Waals surface area contributed by atoms with E-state index in [4.69, 9.17) is 17.3 Å². The molecule has 0 saturated carbocycles. The van der Waals surface area contributed by atoms with Gasteiger partial charge in [0.15, 0.2) is 0 Å². The molecule has 0 saturated heterocycles. The third kappa shape index (κ3) is 3.23. The van der Waals surface area contributed by atoms with E-state index in [0.29, 0.717) is 22.0 Å². The Kier molecular flexibility index (Phi) is 3.71. The molecule has 0 heterocycles. The number of carbonyl (C=O) groups excluding carboxylic acids is 1. The molecular weight excluding hydrogens is 267 g/mol. The Hall–Kier alpha value is -2.07. The molecule has 0 unspecified atom stereocenters. The molecule has 0 aliphatic rings. The minimum absolute atomic E-state index is 0.241. The highest BCUT2D eigenvalue weighted by atomic mass is 35.5. The minimum atomic E-state index is -0.450. The van der Waals surface area contributed by atoms with E-state index >= 15 is 0 Å². The van der Waals surface area contributed by atoms with E-state index in [1.165, 1.54) is 18.2 Å². The van der Waals surface area contributed by atoms with Crippen LogP contribution in [0.5, 0.6) is 0 Å². The number of rotatable bonds is 2. The molecule has 19 heavy (non-hydrogen) atoms. The van der Waals surface area contributed by atoms with Crippen LogP contribution in [0.3, 0.4) is 0 Å². The van der Waals surface area contributed by atoms with Gasteiger partial charge >= 0.3 is 0 Å². The highest BCUT2D eigenvalue weighted by molar-refractivity contribution is 6.34. The van der Waals surface area contributed by atoms with Crippen molar-refractivity contribution in [1.29, 1.82) is 0 Å². The summed E-state index contributed by atoms with van der Waals surface area (Å²) >= 11 is 5.95. The lowest BCUT2D eigenvalue weighted by atomic mass is 10.1. The highest BCUT2D eigenvalue weighted by Crippen LogP contribution is 2.24. The summed E-state index contributed by atoms with van der Waals surface area (Å²) in [6.45, 7) is 1.72. The van der Waals surface area contributed by atoms with Gasteiger partial charge in [-0.3, -0.25) is 4.79 Å². The molecular formula is C14H12ClFN2O. The average molecular weight is 279 g/mol. The van der Waals surface area contributed by atoms with Crippen molar-refractivity contribution in [2.45, 2.75) is 6.92 Å². The zero-order chi connectivity index (χ0) is 14.0. The summed E-state index contributed by atoms with van der Waals surface area (Å²) in [7, 11) is 0. The zero-order valence-corrected chi connectivity index (χ0v) is 11.0. The van der Waals surface area contributed by atoms with Gasteiger partial charge in [-0.25, -0.2) is 4.39 Å². The fourth-order valence-electron chi connectivity index (χ4n) is 1.69. The average Bonchev–Trinajstić information content (AvgIpc) is 2.31. The SMILES string of the molecule is Cc1cc(F)cc(C(=O)Nc2ccc(N)cc2Cl)c1. The second-order valence-electron chi connectivity index (χ2n) is 4.21. The van der Waals surface area contributed by atoms with Gasteiger partial charge in [0, 0.05) is 11.3 Å². The molecule has 3 N–H and O–H groups in total. The molecule has 5 heteroatoms. The Balaban J connectivity index is 2.25. The Bertz CT molecular complexity index is 623. The van der Waals surface area contributed by atoms with Crippen molar-refractivity contribution in [2.75, 3.05) is 11.1 Å². The van der Waals surface area contributed by atoms with E-state index < -0.39 is 11.7 Å². The predicted octanol–water partition coefficient (Wildman–Crippen LogP) is 3.62. The number of hydrogen-bond acceptors (Lipinski definition) is 2. The Morgan fingerprint density at radius 2 is 2.00 bits per heavy atom. The molecule has 0 aromatic heterocycles. The lowest BCUT2D eigenvalue weighted by molar-refractivity contribution is 0.102. The number of anilines is 2. The van der Waals surface area contributed by atoms with E-state index in [-0.39, 0.29) is 5.56 Å². The van der Waals surface area contributed by atoms with Gasteiger partial charge in [0.05, 0.1) is 10.7 Å². The van der Waals surface area contributed by atoms with E-state index in [0.717, 1.165) is 0 Å². The van der Waals surface area contributed by atoms with Gasteiger partial charge in [-0.15, -0.1) is 0 Å². The van der Waals surface area contributed by atoms with Crippen LogP contribution in [-0.4, -0.2) is 5.91 Å². The normalized spacial score (nSPS) is 10.3. The summed E-state index contributed by atoms with van der Waals surface area (Å²) in [6.07, 6.45) is 0. The van der Waals surface area contributed by atoms with E-state index in [1.54, 1.807) is 25.1 Å². The third-order valence-electron chi connectivity index (χ3n) is 2.55. The van der Waals surface area contributed by atoms with Crippen LogP contribution in [0.4, 0.5) is 15.8 Å². The number of hydrogen-bond donors (Lipinski definition) is 2. The van der Waals surface area contributed by atoms with Crippen LogP contribution in [0, 0.1) is 12.7 Å². The van der Waals surface area contributed by atoms with Crippen LogP contribution in [-0.2, 0) is 0 Å². The lowest BCUT2D eigenvalue weighted by Gasteiger charge is -2.08. The monoisotopic (exact) mass is 278 g/mol. The number of nitrogens with one attached hydrogen (secondary N) is 1. The zero-order valence-electron chi connectivity index (χ0n) is 10.2. The first-order chi connectivity index (χ1) is 8.95. The van der Waals surface area contributed by atoms with Crippen LogP contribution in [0.25, 0.3) is 0 Å². The van der Waals surface area contributed by atoms with E-state index in [2.05, 4.69) is 5.32 Å². The number of carbonyl (C=O) groups is 1. The van der Waals surface area contributed by atoms with Gasteiger partial charge in [-0.05, 0) is 48.9 Å². The highest BCUT2D eigenvalue weighted by Gasteiger charge is 2.10. The molecule has 0 atom stereocenters. The van der Waals surface area contributed by atoms with Crippen molar-refractivity contribution >= 4 is 28.9 Å². The number of aryl methyl sites for hydroxylation is 1. The second kappa shape index (κ2) is 5.28. The molecule has 2 rings (SSSR count). The van der Waals surface area contributed by atoms with Gasteiger partial charge in [-0.1, -0.05) is 11.6 Å². The largest absolute Gasteiger partial charge is 0.399 e. The van der Waals surface area contributed by atoms with Crippen molar-refractivity contribution in [1.82, 2.24) is 0 Å². The quantitative estimate of drug-likeness (QED) is 0.824. The second-order valence-corrected chi connectivity index (χ2v) is 4.62. The van der Waals surface area contributed by atoms with Crippen LogP contribution in [0.15, 0.2) is 36.4 Å². The van der Waals surface area contributed by atoms with Crippen molar-refractivity contribution in [3.05, 3.63) is 58.4 Å². The lowest BCUT2D eigenvalue weighted by Crippen LogP contribution is -2.12.